The van der Waals surface area contributed by atoms with Gasteiger partial charge in [0.25, 0.3) is 0 Å². The van der Waals surface area contributed by atoms with Gasteiger partial charge < -0.3 is 10.2 Å². The highest BCUT2D eigenvalue weighted by Crippen LogP contribution is 2.33. The Morgan fingerprint density at radius 1 is 0.762 bits per heavy atom. The molecule has 0 saturated carbocycles. The van der Waals surface area contributed by atoms with Crippen LogP contribution >= 0.6 is 0 Å². The first kappa shape index (κ1) is 14.8. The molecule has 0 aliphatic rings. The van der Waals surface area contributed by atoms with Gasteiger partial charge in [-0.05, 0) is 18.1 Å². The summed E-state index contributed by atoms with van der Waals surface area (Å²) in [5.74, 6) is -4.53. The summed E-state index contributed by atoms with van der Waals surface area (Å²) in [6.07, 6.45) is 0. The molecule has 0 aliphatic heterocycles. The van der Waals surface area contributed by atoms with E-state index in [1.54, 1.807) is 54.6 Å². The minimum absolute atomic E-state index is 0.484. The summed E-state index contributed by atoms with van der Waals surface area (Å²) in [6.45, 7) is 1.89. The van der Waals surface area contributed by atoms with Crippen molar-refractivity contribution < 1.29 is 19.8 Å². The van der Waals surface area contributed by atoms with Crippen LogP contribution < -0.4 is 0 Å². The zero-order chi connectivity index (χ0) is 15.4. The lowest BCUT2D eigenvalue weighted by Crippen LogP contribution is -2.26. The highest BCUT2D eigenvalue weighted by molar-refractivity contribution is 5.88. The summed E-state index contributed by atoms with van der Waals surface area (Å²) in [5, 5.41) is 19.0. The Kier molecular flexibility index (Phi) is 4.38. The molecule has 2 atom stereocenters. The van der Waals surface area contributed by atoms with Gasteiger partial charge in [-0.2, -0.15) is 0 Å². The van der Waals surface area contributed by atoms with Crippen molar-refractivity contribution in [2.75, 3.05) is 0 Å². The van der Waals surface area contributed by atoms with Crippen LogP contribution in [0.15, 0.2) is 54.6 Å². The first-order valence-electron chi connectivity index (χ1n) is 6.58. The van der Waals surface area contributed by atoms with Gasteiger partial charge in [-0.1, -0.05) is 60.2 Å². The summed E-state index contributed by atoms with van der Waals surface area (Å²) < 4.78 is 0. The van der Waals surface area contributed by atoms with Crippen molar-refractivity contribution in [1.29, 1.82) is 0 Å². The maximum absolute atomic E-state index is 11.6. The molecule has 4 nitrogen and oxygen atoms in total. The van der Waals surface area contributed by atoms with E-state index in [1.165, 1.54) is 0 Å². The molecule has 2 aromatic rings. The van der Waals surface area contributed by atoms with Gasteiger partial charge in [-0.15, -0.1) is 0 Å². The van der Waals surface area contributed by atoms with Crippen molar-refractivity contribution in [3.8, 4) is 0 Å². The van der Waals surface area contributed by atoms with E-state index in [0.717, 1.165) is 5.56 Å². The fourth-order valence-electron chi connectivity index (χ4n) is 2.39. The van der Waals surface area contributed by atoms with Gasteiger partial charge in [0.1, 0.15) is 0 Å². The lowest BCUT2D eigenvalue weighted by molar-refractivity contribution is -0.147. The molecule has 0 heterocycles. The normalized spacial score (nSPS) is 13.4. The number of carboxylic acid groups (broad SMARTS) is 2. The van der Waals surface area contributed by atoms with Crippen LogP contribution in [0.1, 0.15) is 28.5 Å². The molecule has 0 fully saturated rings. The number of hydrogen-bond donors (Lipinski definition) is 2. The molecule has 2 aromatic carbocycles. The molecule has 0 radical (unpaired) electrons. The first-order valence-corrected chi connectivity index (χ1v) is 6.58. The van der Waals surface area contributed by atoms with Crippen LogP contribution in [0.4, 0.5) is 0 Å². The Hall–Kier alpha value is -2.62. The fraction of sp³-hybridized carbons (Fsp3) is 0.176. The number of hydrogen-bond acceptors (Lipinski definition) is 2. The quantitative estimate of drug-likeness (QED) is 0.885. The summed E-state index contributed by atoms with van der Waals surface area (Å²) in [4.78, 5) is 23.3. The highest BCUT2D eigenvalue weighted by atomic mass is 16.4. The molecule has 0 spiro atoms. The Morgan fingerprint density at radius 3 is 1.62 bits per heavy atom. The Balaban J connectivity index is 2.50. The Labute approximate surface area is 122 Å². The second-order valence-electron chi connectivity index (χ2n) is 4.95. The third kappa shape index (κ3) is 3.28. The lowest BCUT2D eigenvalue weighted by atomic mass is 9.81. The van der Waals surface area contributed by atoms with Crippen molar-refractivity contribution in [2.45, 2.75) is 18.8 Å². The monoisotopic (exact) mass is 284 g/mol. The van der Waals surface area contributed by atoms with Crippen LogP contribution in [-0.2, 0) is 9.59 Å². The van der Waals surface area contributed by atoms with Gasteiger partial charge in [-0.25, -0.2) is 0 Å². The standard InChI is InChI=1S/C17H16O4/c1-11-7-9-13(10-8-11)15(17(20)21)14(16(18)19)12-5-3-2-4-6-12/h2-10,14-15H,1H3,(H,18,19)(H,20,21). The predicted molar refractivity (Wildman–Crippen MR) is 78.4 cm³/mol. The molecule has 2 N–H and O–H groups in total. The van der Waals surface area contributed by atoms with E-state index in [9.17, 15) is 19.8 Å². The molecule has 21 heavy (non-hydrogen) atoms. The highest BCUT2D eigenvalue weighted by Gasteiger charge is 2.36. The number of rotatable bonds is 5. The maximum Gasteiger partial charge on any atom is 0.312 e. The van der Waals surface area contributed by atoms with E-state index in [4.69, 9.17) is 0 Å². The minimum Gasteiger partial charge on any atom is -0.481 e. The van der Waals surface area contributed by atoms with Crippen LogP contribution in [-0.4, -0.2) is 22.2 Å². The van der Waals surface area contributed by atoms with Crippen LogP contribution in [0.2, 0.25) is 0 Å². The third-order valence-electron chi connectivity index (χ3n) is 3.46. The van der Waals surface area contributed by atoms with Crippen LogP contribution in [0.3, 0.4) is 0 Å². The molecule has 0 aliphatic carbocycles. The Bertz CT molecular complexity index is 632. The van der Waals surface area contributed by atoms with Gasteiger partial charge in [0.15, 0.2) is 0 Å². The van der Waals surface area contributed by atoms with E-state index >= 15 is 0 Å². The van der Waals surface area contributed by atoms with E-state index < -0.39 is 23.8 Å². The molecule has 0 amide bonds. The molecule has 0 bridgehead atoms. The van der Waals surface area contributed by atoms with Gasteiger partial charge in [0, 0.05) is 0 Å². The second kappa shape index (κ2) is 6.22. The van der Waals surface area contributed by atoms with E-state index in [1.807, 2.05) is 6.92 Å². The number of aliphatic carboxylic acids is 2. The molecular weight excluding hydrogens is 268 g/mol. The van der Waals surface area contributed by atoms with E-state index in [-0.39, 0.29) is 0 Å². The zero-order valence-corrected chi connectivity index (χ0v) is 11.6. The second-order valence-corrected chi connectivity index (χ2v) is 4.95. The van der Waals surface area contributed by atoms with Crippen LogP contribution in [0.5, 0.6) is 0 Å². The number of aryl methyl sites for hydroxylation is 1. The summed E-state index contributed by atoms with van der Waals surface area (Å²) >= 11 is 0. The van der Waals surface area contributed by atoms with Crippen LogP contribution in [0.25, 0.3) is 0 Å². The maximum atomic E-state index is 11.6. The molecule has 2 unspecified atom stereocenters. The van der Waals surface area contributed by atoms with Gasteiger partial charge in [0.05, 0.1) is 11.8 Å². The first-order chi connectivity index (χ1) is 10.0. The number of carboxylic acids is 2. The summed E-state index contributed by atoms with van der Waals surface area (Å²) in [6, 6.07) is 15.4. The molecule has 0 saturated heterocycles. The average molecular weight is 284 g/mol. The summed E-state index contributed by atoms with van der Waals surface area (Å²) in [7, 11) is 0. The Morgan fingerprint density at radius 2 is 1.19 bits per heavy atom. The average Bonchev–Trinajstić information content (AvgIpc) is 2.46. The summed E-state index contributed by atoms with van der Waals surface area (Å²) in [5.41, 5.74) is 1.97. The predicted octanol–water partition coefficient (Wildman–Crippen LogP) is 3.03. The molecular formula is C17H16O4. The van der Waals surface area contributed by atoms with E-state index in [0.29, 0.717) is 11.1 Å². The zero-order valence-electron chi connectivity index (χ0n) is 11.6. The lowest BCUT2D eigenvalue weighted by Gasteiger charge is -2.21. The van der Waals surface area contributed by atoms with Crippen molar-refractivity contribution in [1.82, 2.24) is 0 Å². The molecule has 0 aromatic heterocycles. The number of benzene rings is 2. The topological polar surface area (TPSA) is 74.6 Å². The van der Waals surface area contributed by atoms with Crippen molar-refractivity contribution in [3.05, 3.63) is 71.3 Å². The van der Waals surface area contributed by atoms with Crippen molar-refractivity contribution in [3.63, 3.8) is 0 Å². The number of carbonyl (C=O) groups is 2. The van der Waals surface area contributed by atoms with Crippen molar-refractivity contribution in [2.24, 2.45) is 0 Å². The van der Waals surface area contributed by atoms with Crippen molar-refractivity contribution >= 4 is 11.9 Å². The molecule has 4 heteroatoms. The largest absolute Gasteiger partial charge is 0.481 e. The third-order valence-corrected chi connectivity index (χ3v) is 3.46. The smallest absolute Gasteiger partial charge is 0.312 e. The SMILES string of the molecule is Cc1ccc(C(C(=O)O)C(C(=O)O)c2ccccc2)cc1. The minimum atomic E-state index is -1.14. The van der Waals surface area contributed by atoms with Gasteiger partial charge in [0.2, 0.25) is 0 Å². The van der Waals surface area contributed by atoms with Crippen LogP contribution in [0, 0.1) is 6.92 Å². The molecule has 2 rings (SSSR count). The van der Waals surface area contributed by atoms with Gasteiger partial charge >= 0.3 is 11.9 Å². The fourth-order valence-corrected chi connectivity index (χ4v) is 2.39. The van der Waals surface area contributed by atoms with Gasteiger partial charge in [-0.3, -0.25) is 9.59 Å². The molecule has 108 valence electrons. The van der Waals surface area contributed by atoms with E-state index in [2.05, 4.69) is 0 Å².